The van der Waals surface area contributed by atoms with Crippen molar-refractivity contribution < 1.29 is 22.7 Å². The molecule has 1 amide bonds. The van der Waals surface area contributed by atoms with Crippen LogP contribution in [0.3, 0.4) is 0 Å². The van der Waals surface area contributed by atoms with E-state index in [0.29, 0.717) is 24.9 Å². The van der Waals surface area contributed by atoms with Gasteiger partial charge in [0.05, 0.1) is 12.0 Å². The van der Waals surface area contributed by atoms with Crippen LogP contribution in [-0.2, 0) is 19.6 Å². The Bertz CT molecular complexity index is 844. The summed E-state index contributed by atoms with van der Waals surface area (Å²) >= 11 is 0. The second kappa shape index (κ2) is 8.83. The first-order chi connectivity index (χ1) is 13.8. The minimum Gasteiger partial charge on any atom is -0.467 e. The summed E-state index contributed by atoms with van der Waals surface area (Å²) in [7, 11) is -2.26. The zero-order valence-corrected chi connectivity index (χ0v) is 18.0. The van der Waals surface area contributed by atoms with E-state index in [2.05, 4.69) is 5.32 Å². The van der Waals surface area contributed by atoms with Gasteiger partial charge in [-0.15, -0.1) is 0 Å². The molecular weight excluding hydrogens is 392 g/mol. The van der Waals surface area contributed by atoms with Crippen LogP contribution in [0.4, 0.5) is 0 Å². The van der Waals surface area contributed by atoms with Crippen LogP contribution in [0.5, 0.6) is 0 Å². The van der Waals surface area contributed by atoms with Crippen molar-refractivity contribution in [2.45, 2.75) is 74.8 Å². The number of amides is 1. The van der Waals surface area contributed by atoms with Gasteiger partial charge < -0.3 is 10.1 Å². The van der Waals surface area contributed by atoms with Crippen molar-refractivity contribution in [3.63, 3.8) is 0 Å². The number of carbonyl (C=O) groups is 2. The zero-order chi connectivity index (χ0) is 21.1. The quantitative estimate of drug-likeness (QED) is 0.737. The van der Waals surface area contributed by atoms with Crippen molar-refractivity contribution in [2.24, 2.45) is 0 Å². The number of hydrogen-bond acceptors (Lipinski definition) is 5. The molecule has 8 heteroatoms. The Balaban J connectivity index is 1.77. The largest absolute Gasteiger partial charge is 0.467 e. The normalized spacial score (nSPS) is 22.6. The van der Waals surface area contributed by atoms with Gasteiger partial charge in [-0.2, -0.15) is 4.31 Å². The maximum atomic E-state index is 12.9. The first-order valence-electron chi connectivity index (χ1n) is 10.3. The number of benzene rings is 1. The first kappa shape index (κ1) is 21.8. The highest BCUT2D eigenvalue weighted by atomic mass is 32.2. The Morgan fingerprint density at radius 2 is 1.72 bits per heavy atom. The fraction of sp³-hybridized carbons (Fsp3) is 0.619. The smallest absolute Gasteiger partial charge is 0.331 e. The predicted octanol–water partition coefficient (Wildman–Crippen LogP) is 2.86. The van der Waals surface area contributed by atoms with Gasteiger partial charge >= 0.3 is 5.97 Å². The minimum atomic E-state index is -3.58. The van der Waals surface area contributed by atoms with Gasteiger partial charge in [0.2, 0.25) is 10.0 Å². The molecule has 0 bridgehead atoms. The molecule has 1 unspecified atom stereocenters. The molecule has 1 aromatic carbocycles. The second-order valence-electron chi connectivity index (χ2n) is 8.07. The van der Waals surface area contributed by atoms with Crippen LogP contribution in [0, 0.1) is 0 Å². The number of piperidine rings is 1. The first-order valence-corrected chi connectivity index (χ1v) is 11.8. The molecule has 3 rings (SSSR count). The van der Waals surface area contributed by atoms with E-state index in [0.717, 1.165) is 38.5 Å². The number of hydrogen-bond donors (Lipinski definition) is 1. The van der Waals surface area contributed by atoms with E-state index < -0.39 is 27.4 Å². The van der Waals surface area contributed by atoms with Gasteiger partial charge in [-0.3, -0.25) is 4.79 Å². The molecule has 2 fully saturated rings. The number of methoxy groups -OCH3 is 1. The Morgan fingerprint density at radius 3 is 2.31 bits per heavy atom. The lowest BCUT2D eigenvalue weighted by Gasteiger charge is -2.35. The van der Waals surface area contributed by atoms with E-state index >= 15 is 0 Å². The standard InChI is InChI=1S/C21H30N2O5S/c1-16-8-4-7-15-23(16)29(26,27)18-11-9-17(10-12-18)19(24)22-21(20(25)28-2)13-5-3-6-14-21/h9-12,16H,3-8,13-15H2,1-2H3,(H,22,24). The number of carbonyl (C=O) groups excluding carboxylic acids is 2. The molecule has 7 nitrogen and oxygen atoms in total. The second-order valence-corrected chi connectivity index (χ2v) is 9.96. The molecule has 1 saturated carbocycles. The monoisotopic (exact) mass is 422 g/mol. The van der Waals surface area contributed by atoms with E-state index in [4.69, 9.17) is 4.74 Å². The Kier molecular flexibility index (Phi) is 6.63. The molecule has 1 atom stereocenters. The highest BCUT2D eigenvalue weighted by Gasteiger charge is 2.42. The van der Waals surface area contributed by atoms with Gasteiger partial charge in [0.1, 0.15) is 5.54 Å². The minimum absolute atomic E-state index is 0.0251. The van der Waals surface area contributed by atoms with Gasteiger partial charge in [0, 0.05) is 18.2 Å². The fourth-order valence-electron chi connectivity index (χ4n) is 4.36. The highest BCUT2D eigenvalue weighted by Crippen LogP contribution is 2.30. The average Bonchev–Trinajstić information content (AvgIpc) is 2.74. The zero-order valence-electron chi connectivity index (χ0n) is 17.1. The molecule has 0 aromatic heterocycles. The van der Waals surface area contributed by atoms with Crippen molar-refractivity contribution in [2.75, 3.05) is 13.7 Å². The number of rotatable bonds is 5. The molecule has 29 heavy (non-hydrogen) atoms. The lowest BCUT2D eigenvalue weighted by Crippen LogP contribution is -2.56. The molecule has 1 aromatic rings. The number of ether oxygens (including phenoxy) is 1. The van der Waals surface area contributed by atoms with Gasteiger partial charge in [0.25, 0.3) is 5.91 Å². The SMILES string of the molecule is COC(=O)C1(NC(=O)c2ccc(S(=O)(=O)N3CCCCC3C)cc2)CCCCC1. The van der Waals surface area contributed by atoms with Gasteiger partial charge in [-0.1, -0.05) is 25.7 Å². The lowest BCUT2D eigenvalue weighted by atomic mass is 9.81. The molecule has 2 aliphatic rings. The third-order valence-electron chi connectivity index (χ3n) is 6.10. The maximum Gasteiger partial charge on any atom is 0.331 e. The van der Waals surface area contributed by atoms with Crippen LogP contribution in [0.1, 0.15) is 68.6 Å². The summed E-state index contributed by atoms with van der Waals surface area (Å²) in [5.41, 5.74) is -0.678. The lowest BCUT2D eigenvalue weighted by molar-refractivity contribution is -0.149. The molecule has 1 aliphatic carbocycles. The summed E-state index contributed by atoms with van der Waals surface area (Å²) in [5.74, 6) is -0.823. The molecule has 1 saturated heterocycles. The molecule has 1 N–H and O–H groups in total. The number of nitrogens with one attached hydrogen (secondary N) is 1. The third kappa shape index (κ3) is 4.48. The van der Waals surface area contributed by atoms with Crippen molar-refractivity contribution in [1.82, 2.24) is 9.62 Å². The van der Waals surface area contributed by atoms with Crippen LogP contribution in [-0.4, -0.2) is 49.8 Å². The van der Waals surface area contributed by atoms with Crippen LogP contribution in [0.2, 0.25) is 0 Å². The summed E-state index contributed by atoms with van der Waals surface area (Å²) in [6, 6.07) is 5.92. The molecule has 1 aliphatic heterocycles. The van der Waals surface area contributed by atoms with E-state index in [1.807, 2.05) is 6.92 Å². The van der Waals surface area contributed by atoms with Crippen molar-refractivity contribution >= 4 is 21.9 Å². The summed E-state index contributed by atoms with van der Waals surface area (Å²) in [6.07, 6.45) is 6.57. The van der Waals surface area contributed by atoms with E-state index in [1.54, 1.807) is 4.31 Å². The van der Waals surface area contributed by atoms with Crippen molar-refractivity contribution in [3.05, 3.63) is 29.8 Å². The van der Waals surface area contributed by atoms with E-state index in [9.17, 15) is 18.0 Å². The van der Waals surface area contributed by atoms with Gasteiger partial charge in [0.15, 0.2) is 0 Å². The van der Waals surface area contributed by atoms with E-state index in [-0.39, 0.29) is 10.9 Å². The summed E-state index contributed by atoms with van der Waals surface area (Å²) in [5, 5.41) is 2.85. The van der Waals surface area contributed by atoms with Crippen LogP contribution < -0.4 is 5.32 Å². The molecular formula is C21H30N2O5S. The van der Waals surface area contributed by atoms with Crippen LogP contribution >= 0.6 is 0 Å². The predicted molar refractivity (Wildman–Crippen MR) is 109 cm³/mol. The van der Waals surface area contributed by atoms with Gasteiger partial charge in [-0.05, 0) is 56.9 Å². The van der Waals surface area contributed by atoms with E-state index in [1.165, 1.54) is 31.4 Å². The highest BCUT2D eigenvalue weighted by molar-refractivity contribution is 7.89. The fourth-order valence-corrected chi connectivity index (χ4v) is 6.06. The van der Waals surface area contributed by atoms with Crippen LogP contribution in [0.25, 0.3) is 0 Å². The topological polar surface area (TPSA) is 92.8 Å². The summed E-state index contributed by atoms with van der Waals surface area (Å²) in [6.45, 7) is 2.45. The number of sulfonamides is 1. The molecule has 160 valence electrons. The van der Waals surface area contributed by atoms with Crippen molar-refractivity contribution in [3.8, 4) is 0 Å². The number of nitrogens with zero attached hydrogens (tertiary/aromatic N) is 1. The molecule has 1 heterocycles. The Hall–Kier alpha value is -1.93. The number of esters is 1. The Morgan fingerprint density at radius 1 is 1.07 bits per heavy atom. The maximum absolute atomic E-state index is 12.9. The molecule has 0 radical (unpaired) electrons. The summed E-state index contributed by atoms with van der Waals surface area (Å²) in [4.78, 5) is 25.3. The molecule has 0 spiro atoms. The Labute approximate surface area is 172 Å². The van der Waals surface area contributed by atoms with Crippen LogP contribution in [0.15, 0.2) is 29.2 Å². The van der Waals surface area contributed by atoms with Crippen molar-refractivity contribution in [1.29, 1.82) is 0 Å². The van der Waals surface area contributed by atoms with Gasteiger partial charge in [-0.25, -0.2) is 13.2 Å². The summed E-state index contributed by atoms with van der Waals surface area (Å²) < 4.78 is 32.4. The third-order valence-corrected chi connectivity index (χ3v) is 8.13. The average molecular weight is 423 g/mol.